The quantitative estimate of drug-likeness (QED) is 0.853. The fraction of sp³-hybridized carbons (Fsp3) is 0.526. The summed E-state index contributed by atoms with van der Waals surface area (Å²) in [5, 5.41) is 5.84. The van der Waals surface area contributed by atoms with Gasteiger partial charge in [-0.1, -0.05) is 12.1 Å². The third-order valence-electron chi connectivity index (χ3n) is 5.11. The van der Waals surface area contributed by atoms with Crippen LogP contribution >= 0.6 is 0 Å². The largest absolute Gasteiger partial charge is 0.338 e. The van der Waals surface area contributed by atoms with Gasteiger partial charge < -0.3 is 4.90 Å². The molecule has 1 fully saturated rings. The summed E-state index contributed by atoms with van der Waals surface area (Å²) in [6.45, 7) is 6.03. The molecule has 1 aromatic rings. The molecule has 5 nitrogen and oxygen atoms in total. The minimum absolute atomic E-state index is 0.0573. The molecule has 0 bridgehead atoms. The van der Waals surface area contributed by atoms with Crippen molar-refractivity contribution in [1.29, 1.82) is 0 Å². The van der Waals surface area contributed by atoms with E-state index in [0.29, 0.717) is 24.5 Å². The topological polar surface area (TPSA) is 53.0 Å². The lowest BCUT2D eigenvalue weighted by molar-refractivity contribution is -0.125. The Morgan fingerprint density at radius 2 is 2.00 bits per heavy atom. The van der Waals surface area contributed by atoms with Gasteiger partial charge in [-0.3, -0.25) is 9.59 Å². The third kappa shape index (κ3) is 3.21. The van der Waals surface area contributed by atoms with E-state index in [-0.39, 0.29) is 17.9 Å². The molecule has 5 heteroatoms. The zero-order valence-electron chi connectivity index (χ0n) is 14.9. The van der Waals surface area contributed by atoms with Gasteiger partial charge in [0.15, 0.2) is 0 Å². The maximum atomic E-state index is 12.8. The van der Waals surface area contributed by atoms with Gasteiger partial charge in [-0.05, 0) is 56.7 Å². The van der Waals surface area contributed by atoms with Gasteiger partial charge in [-0.15, -0.1) is 0 Å². The summed E-state index contributed by atoms with van der Waals surface area (Å²) in [5.41, 5.74) is 3.29. The van der Waals surface area contributed by atoms with Crippen LogP contribution in [0.25, 0.3) is 0 Å². The molecule has 0 N–H and O–H groups in total. The number of carbonyl (C=O) groups is 2. The zero-order chi connectivity index (χ0) is 17.4. The molecule has 128 valence electrons. The first kappa shape index (κ1) is 16.7. The third-order valence-corrected chi connectivity index (χ3v) is 5.11. The van der Waals surface area contributed by atoms with Crippen molar-refractivity contribution in [3.8, 4) is 0 Å². The molecule has 1 aliphatic carbocycles. The summed E-state index contributed by atoms with van der Waals surface area (Å²) < 4.78 is 0. The average Bonchev–Trinajstić information content (AvgIpc) is 3.40. The number of benzene rings is 1. The Morgan fingerprint density at radius 1 is 1.29 bits per heavy atom. The van der Waals surface area contributed by atoms with Crippen molar-refractivity contribution < 1.29 is 9.59 Å². The minimum Gasteiger partial charge on any atom is -0.338 e. The summed E-state index contributed by atoms with van der Waals surface area (Å²) in [5.74, 6) is 0.496. The van der Waals surface area contributed by atoms with Crippen LogP contribution in [0, 0.1) is 19.8 Å². The van der Waals surface area contributed by atoms with Gasteiger partial charge in [-0.2, -0.15) is 5.10 Å². The monoisotopic (exact) mass is 327 g/mol. The predicted octanol–water partition coefficient (Wildman–Crippen LogP) is 3.04. The van der Waals surface area contributed by atoms with E-state index in [1.807, 2.05) is 39.1 Å². The van der Waals surface area contributed by atoms with E-state index in [1.165, 1.54) is 17.9 Å². The van der Waals surface area contributed by atoms with Gasteiger partial charge in [0.2, 0.25) is 5.91 Å². The molecular weight excluding hydrogens is 302 g/mol. The minimum atomic E-state index is -0.0581. The molecular formula is C19H25N3O2. The van der Waals surface area contributed by atoms with Crippen LogP contribution < -0.4 is 5.01 Å². The lowest BCUT2D eigenvalue weighted by Crippen LogP contribution is -2.44. The van der Waals surface area contributed by atoms with E-state index in [4.69, 9.17) is 0 Å². The molecule has 0 radical (unpaired) electrons. The van der Waals surface area contributed by atoms with Crippen LogP contribution in [0.2, 0.25) is 0 Å². The molecule has 3 rings (SSSR count). The molecule has 0 aromatic heterocycles. The molecule has 24 heavy (non-hydrogen) atoms. The summed E-state index contributed by atoms with van der Waals surface area (Å²) in [7, 11) is 1.84. The van der Waals surface area contributed by atoms with Gasteiger partial charge in [0.1, 0.15) is 5.71 Å². The van der Waals surface area contributed by atoms with Crippen molar-refractivity contribution in [2.75, 3.05) is 12.1 Å². The molecule has 1 aliphatic heterocycles. The van der Waals surface area contributed by atoms with Crippen LogP contribution in [-0.2, 0) is 9.59 Å². The van der Waals surface area contributed by atoms with Crippen molar-refractivity contribution in [2.45, 2.75) is 52.5 Å². The van der Waals surface area contributed by atoms with Gasteiger partial charge in [-0.25, -0.2) is 5.01 Å². The normalized spacial score (nSPS) is 19.1. The highest BCUT2D eigenvalue weighted by atomic mass is 16.2. The Kier molecular flexibility index (Phi) is 4.43. The molecule has 1 saturated carbocycles. The molecule has 1 atom stereocenters. The van der Waals surface area contributed by atoms with E-state index < -0.39 is 0 Å². The Balaban J connectivity index is 1.87. The number of amides is 2. The van der Waals surface area contributed by atoms with Crippen LogP contribution in [-0.4, -0.2) is 35.5 Å². The standard InChI is InChI=1S/C19H25N3O2/c1-12-5-6-13(2)17(11-12)22-18(23)10-9-16(20-22)19(24)21(4)14(3)15-7-8-15/h5-6,11,14-15H,7-10H2,1-4H3/t14-/m0/s1. The van der Waals surface area contributed by atoms with Crippen molar-refractivity contribution in [1.82, 2.24) is 4.90 Å². The van der Waals surface area contributed by atoms with Crippen LogP contribution in [0.3, 0.4) is 0 Å². The molecule has 0 unspecified atom stereocenters. The van der Waals surface area contributed by atoms with E-state index in [1.54, 1.807) is 4.90 Å². The Morgan fingerprint density at radius 3 is 2.67 bits per heavy atom. The molecule has 1 aromatic carbocycles. The SMILES string of the molecule is Cc1ccc(C)c(N2N=C(C(=O)N(C)[C@@H](C)C3CC3)CCC2=O)c1. The molecule has 2 amide bonds. The molecule has 0 saturated heterocycles. The number of carbonyl (C=O) groups excluding carboxylic acids is 2. The van der Waals surface area contributed by atoms with Crippen LogP contribution in [0.1, 0.15) is 43.7 Å². The van der Waals surface area contributed by atoms with Gasteiger partial charge in [0.25, 0.3) is 5.91 Å². The second kappa shape index (κ2) is 6.38. The smallest absolute Gasteiger partial charge is 0.270 e. The number of nitrogens with zero attached hydrogens (tertiary/aromatic N) is 3. The first-order valence-electron chi connectivity index (χ1n) is 8.63. The number of hydrogen-bond donors (Lipinski definition) is 0. The second-order valence-corrected chi connectivity index (χ2v) is 7.04. The maximum absolute atomic E-state index is 12.8. The Bertz CT molecular complexity index is 707. The van der Waals surface area contributed by atoms with Crippen molar-refractivity contribution in [3.63, 3.8) is 0 Å². The van der Waals surface area contributed by atoms with E-state index in [0.717, 1.165) is 16.8 Å². The molecule has 2 aliphatic rings. The van der Waals surface area contributed by atoms with Crippen molar-refractivity contribution in [2.24, 2.45) is 11.0 Å². The number of hydrazone groups is 1. The summed E-state index contributed by atoms with van der Waals surface area (Å²) in [6.07, 6.45) is 3.13. The van der Waals surface area contributed by atoms with Crippen molar-refractivity contribution in [3.05, 3.63) is 29.3 Å². The average molecular weight is 327 g/mol. The van der Waals surface area contributed by atoms with Crippen LogP contribution in [0.5, 0.6) is 0 Å². The number of aryl methyl sites for hydroxylation is 2. The maximum Gasteiger partial charge on any atom is 0.270 e. The number of hydrogen-bond acceptors (Lipinski definition) is 3. The van der Waals surface area contributed by atoms with Crippen LogP contribution in [0.4, 0.5) is 5.69 Å². The lowest BCUT2D eigenvalue weighted by atomic mass is 10.1. The Labute approximate surface area is 143 Å². The summed E-state index contributed by atoms with van der Waals surface area (Å²) in [6, 6.07) is 6.16. The van der Waals surface area contributed by atoms with Crippen LogP contribution in [0.15, 0.2) is 23.3 Å². The zero-order valence-corrected chi connectivity index (χ0v) is 14.9. The first-order chi connectivity index (χ1) is 11.4. The highest BCUT2D eigenvalue weighted by Gasteiger charge is 2.35. The number of rotatable bonds is 4. The fourth-order valence-electron chi connectivity index (χ4n) is 3.13. The van der Waals surface area contributed by atoms with E-state index in [9.17, 15) is 9.59 Å². The highest BCUT2D eigenvalue weighted by Crippen LogP contribution is 2.35. The van der Waals surface area contributed by atoms with Gasteiger partial charge in [0, 0.05) is 25.9 Å². The highest BCUT2D eigenvalue weighted by molar-refractivity contribution is 6.40. The predicted molar refractivity (Wildman–Crippen MR) is 95.0 cm³/mol. The summed E-state index contributed by atoms with van der Waals surface area (Å²) >= 11 is 0. The van der Waals surface area contributed by atoms with Crippen molar-refractivity contribution >= 4 is 23.2 Å². The molecule has 1 heterocycles. The molecule has 0 spiro atoms. The number of anilines is 1. The summed E-state index contributed by atoms with van der Waals surface area (Å²) in [4.78, 5) is 26.9. The lowest BCUT2D eigenvalue weighted by Gasteiger charge is -2.29. The second-order valence-electron chi connectivity index (χ2n) is 7.04. The van der Waals surface area contributed by atoms with Gasteiger partial charge >= 0.3 is 0 Å². The van der Waals surface area contributed by atoms with E-state index >= 15 is 0 Å². The first-order valence-corrected chi connectivity index (χ1v) is 8.63. The van der Waals surface area contributed by atoms with Gasteiger partial charge in [0.05, 0.1) is 5.69 Å². The fourth-order valence-corrected chi connectivity index (χ4v) is 3.13. The van der Waals surface area contributed by atoms with E-state index in [2.05, 4.69) is 12.0 Å². The Hall–Kier alpha value is -2.17.